The molecule has 1 heterocycles. The van der Waals surface area contributed by atoms with Crippen molar-refractivity contribution in [2.75, 3.05) is 0 Å². The van der Waals surface area contributed by atoms with Crippen LogP contribution in [0.1, 0.15) is 35.6 Å². The van der Waals surface area contributed by atoms with Crippen LogP contribution in [0.3, 0.4) is 0 Å². The highest BCUT2D eigenvalue weighted by Gasteiger charge is 2.34. The molecule has 0 saturated heterocycles. The van der Waals surface area contributed by atoms with Crippen molar-refractivity contribution in [1.82, 2.24) is 10.2 Å². The predicted molar refractivity (Wildman–Crippen MR) is 46.7 cm³/mol. The maximum atomic E-state index is 10.8. The Kier molecular flexibility index (Phi) is 1.49. The van der Waals surface area contributed by atoms with E-state index >= 15 is 0 Å². The molecule has 0 unspecified atom stereocenters. The van der Waals surface area contributed by atoms with Crippen molar-refractivity contribution in [3.8, 4) is 0 Å². The molecule has 13 heavy (non-hydrogen) atoms. The number of hydrogen-bond acceptors (Lipinski definition) is 2. The Morgan fingerprint density at radius 2 is 2.23 bits per heavy atom. The van der Waals surface area contributed by atoms with Gasteiger partial charge in [0.2, 0.25) is 0 Å². The van der Waals surface area contributed by atoms with Crippen molar-refractivity contribution in [3.63, 3.8) is 0 Å². The minimum absolute atomic E-state index is 0.175. The number of carbonyl (C=O) groups is 1. The lowest BCUT2D eigenvalue weighted by Gasteiger charge is -2.15. The van der Waals surface area contributed by atoms with Gasteiger partial charge < -0.3 is 5.11 Å². The molecular weight excluding hydrogens is 168 g/mol. The number of carboxylic acids is 1. The Morgan fingerprint density at radius 1 is 1.54 bits per heavy atom. The fourth-order valence-corrected chi connectivity index (χ4v) is 1.93. The number of H-pyrrole nitrogens is 1. The van der Waals surface area contributed by atoms with E-state index in [-0.39, 0.29) is 11.1 Å². The molecule has 0 fully saturated rings. The van der Waals surface area contributed by atoms with Gasteiger partial charge in [0.1, 0.15) is 0 Å². The fraction of sp³-hybridized carbons (Fsp3) is 0.556. The first-order chi connectivity index (χ1) is 5.99. The summed E-state index contributed by atoms with van der Waals surface area (Å²) in [6, 6.07) is 0. The van der Waals surface area contributed by atoms with Crippen LogP contribution in [0, 0.1) is 5.41 Å². The molecule has 1 aromatic heterocycles. The van der Waals surface area contributed by atoms with Gasteiger partial charge in [-0.25, -0.2) is 4.79 Å². The standard InChI is InChI=1S/C9H12N2O2/c1-9(2)3-5-6(4-9)10-11-7(5)8(12)13/h3-4H2,1-2H3,(H,10,11)(H,12,13). The summed E-state index contributed by atoms with van der Waals surface area (Å²) in [6.07, 6.45) is 1.70. The molecule has 1 aromatic rings. The second kappa shape index (κ2) is 2.34. The molecule has 4 nitrogen and oxygen atoms in total. The predicted octanol–water partition coefficient (Wildman–Crippen LogP) is 1.23. The Morgan fingerprint density at radius 3 is 2.85 bits per heavy atom. The minimum atomic E-state index is -0.935. The topological polar surface area (TPSA) is 66.0 Å². The smallest absolute Gasteiger partial charge is 0.356 e. The summed E-state index contributed by atoms with van der Waals surface area (Å²) in [4.78, 5) is 10.8. The number of nitrogens with one attached hydrogen (secondary N) is 1. The summed E-state index contributed by atoms with van der Waals surface area (Å²) < 4.78 is 0. The van der Waals surface area contributed by atoms with Crippen LogP contribution >= 0.6 is 0 Å². The molecule has 0 aromatic carbocycles. The average molecular weight is 180 g/mol. The van der Waals surface area contributed by atoms with E-state index in [2.05, 4.69) is 24.0 Å². The third kappa shape index (κ3) is 1.22. The lowest BCUT2D eigenvalue weighted by molar-refractivity contribution is 0.0689. The van der Waals surface area contributed by atoms with E-state index in [4.69, 9.17) is 5.11 Å². The van der Waals surface area contributed by atoms with Crippen LogP contribution in [-0.2, 0) is 12.8 Å². The Labute approximate surface area is 76.0 Å². The number of hydrogen-bond donors (Lipinski definition) is 2. The van der Waals surface area contributed by atoms with Crippen LogP contribution in [0.4, 0.5) is 0 Å². The van der Waals surface area contributed by atoms with Gasteiger partial charge in [0.25, 0.3) is 0 Å². The fourth-order valence-electron chi connectivity index (χ4n) is 1.93. The van der Waals surface area contributed by atoms with E-state index in [0.29, 0.717) is 0 Å². The van der Waals surface area contributed by atoms with Gasteiger partial charge in [-0.15, -0.1) is 0 Å². The summed E-state index contributed by atoms with van der Waals surface area (Å²) >= 11 is 0. The van der Waals surface area contributed by atoms with Crippen molar-refractivity contribution in [2.45, 2.75) is 26.7 Å². The second-order valence-corrected chi connectivity index (χ2v) is 4.35. The van der Waals surface area contributed by atoms with Crippen LogP contribution in [-0.4, -0.2) is 21.3 Å². The lowest BCUT2D eigenvalue weighted by Crippen LogP contribution is -2.12. The van der Waals surface area contributed by atoms with Crippen LogP contribution < -0.4 is 0 Å². The largest absolute Gasteiger partial charge is 0.476 e. The van der Waals surface area contributed by atoms with Gasteiger partial charge in [0, 0.05) is 11.3 Å². The minimum Gasteiger partial charge on any atom is -0.476 e. The zero-order valence-corrected chi connectivity index (χ0v) is 7.72. The van der Waals surface area contributed by atoms with E-state index in [1.807, 2.05) is 0 Å². The molecule has 0 spiro atoms. The van der Waals surface area contributed by atoms with Crippen LogP contribution in [0.5, 0.6) is 0 Å². The maximum absolute atomic E-state index is 10.8. The van der Waals surface area contributed by atoms with E-state index < -0.39 is 5.97 Å². The molecular formula is C9H12N2O2. The van der Waals surface area contributed by atoms with E-state index in [9.17, 15) is 4.79 Å². The summed E-state index contributed by atoms with van der Waals surface area (Å²) in [6.45, 7) is 4.26. The molecule has 0 aliphatic heterocycles. The first kappa shape index (κ1) is 8.29. The molecule has 0 radical (unpaired) electrons. The van der Waals surface area contributed by atoms with Crippen molar-refractivity contribution in [2.24, 2.45) is 5.41 Å². The number of aromatic nitrogens is 2. The van der Waals surface area contributed by atoms with Gasteiger partial charge in [-0.05, 0) is 18.3 Å². The van der Waals surface area contributed by atoms with E-state index in [1.54, 1.807) is 0 Å². The maximum Gasteiger partial charge on any atom is 0.356 e. The van der Waals surface area contributed by atoms with E-state index in [1.165, 1.54) is 0 Å². The van der Waals surface area contributed by atoms with Gasteiger partial charge in [-0.1, -0.05) is 13.8 Å². The molecule has 0 atom stereocenters. The van der Waals surface area contributed by atoms with Crippen molar-refractivity contribution in [1.29, 1.82) is 0 Å². The first-order valence-corrected chi connectivity index (χ1v) is 4.29. The second-order valence-electron chi connectivity index (χ2n) is 4.35. The number of rotatable bonds is 1. The number of carboxylic acid groups (broad SMARTS) is 1. The number of fused-ring (bicyclic) bond motifs is 1. The van der Waals surface area contributed by atoms with Gasteiger partial charge in [0.15, 0.2) is 5.69 Å². The van der Waals surface area contributed by atoms with Gasteiger partial charge >= 0.3 is 5.97 Å². The average Bonchev–Trinajstić information content (AvgIpc) is 2.41. The van der Waals surface area contributed by atoms with Gasteiger partial charge in [0.05, 0.1) is 0 Å². The molecule has 4 heteroatoms. The lowest BCUT2D eigenvalue weighted by atomic mass is 9.90. The Hall–Kier alpha value is -1.32. The molecule has 0 bridgehead atoms. The van der Waals surface area contributed by atoms with E-state index in [0.717, 1.165) is 24.1 Å². The molecule has 1 aliphatic carbocycles. The third-order valence-electron chi connectivity index (χ3n) is 2.47. The number of aromatic amines is 1. The number of nitrogens with zero attached hydrogens (tertiary/aromatic N) is 1. The summed E-state index contributed by atoms with van der Waals surface area (Å²) in [5, 5.41) is 15.4. The highest BCUT2D eigenvalue weighted by molar-refractivity contribution is 5.87. The molecule has 2 N–H and O–H groups in total. The third-order valence-corrected chi connectivity index (χ3v) is 2.47. The molecule has 2 rings (SSSR count). The highest BCUT2D eigenvalue weighted by Crippen LogP contribution is 2.36. The molecule has 0 amide bonds. The Bertz CT molecular complexity index is 366. The normalized spacial score (nSPS) is 18.6. The zero-order valence-electron chi connectivity index (χ0n) is 7.72. The van der Waals surface area contributed by atoms with Crippen molar-refractivity contribution in [3.05, 3.63) is 17.0 Å². The summed E-state index contributed by atoms with van der Waals surface area (Å²) in [5.74, 6) is -0.935. The van der Waals surface area contributed by atoms with Crippen molar-refractivity contribution >= 4 is 5.97 Å². The van der Waals surface area contributed by atoms with Crippen molar-refractivity contribution < 1.29 is 9.90 Å². The number of aromatic carboxylic acids is 1. The summed E-state index contributed by atoms with van der Waals surface area (Å²) in [5.41, 5.74) is 2.24. The quantitative estimate of drug-likeness (QED) is 0.683. The van der Waals surface area contributed by atoms with Crippen LogP contribution in [0.15, 0.2) is 0 Å². The molecule has 0 saturated carbocycles. The zero-order chi connectivity index (χ0) is 9.64. The summed E-state index contributed by atoms with van der Waals surface area (Å²) in [7, 11) is 0. The van der Waals surface area contributed by atoms with Crippen LogP contribution in [0.25, 0.3) is 0 Å². The van der Waals surface area contributed by atoms with Gasteiger partial charge in [-0.3, -0.25) is 5.10 Å². The monoisotopic (exact) mass is 180 g/mol. The van der Waals surface area contributed by atoms with Gasteiger partial charge in [-0.2, -0.15) is 5.10 Å². The first-order valence-electron chi connectivity index (χ1n) is 4.29. The molecule has 70 valence electrons. The molecule has 1 aliphatic rings. The highest BCUT2D eigenvalue weighted by atomic mass is 16.4. The van der Waals surface area contributed by atoms with Crippen LogP contribution in [0.2, 0.25) is 0 Å². The SMILES string of the molecule is CC1(C)Cc2[nH]nc(C(=O)O)c2C1. The Balaban J connectivity index is 2.43.